The fraction of sp³-hybridized carbons (Fsp3) is 0.579. The number of hydrogen-bond donors (Lipinski definition) is 6. The maximum absolute atomic E-state index is 13.5. The number of aliphatic hydroxyl groups is 3. The van der Waals surface area contributed by atoms with Crippen molar-refractivity contribution in [3.63, 3.8) is 0 Å². The Bertz CT molecular complexity index is 931. The van der Waals surface area contributed by atoms with Crippen LogP contribution < -0.4 is 16.8 Å². The van der Waals surface area contributed by atoms with Gasteiger partial charge >= 0.3 is 0 Å². The van der Waals surface area contributed by atoms with E-state index in [0.29, 0.717) is 12.0 Å². The van der Waals surface area contributed by atoms with E-state index in [1.807, 2.05) is 0 Å². The molecule has 2 aromatic rings. The number of nitrogens with zero attached hydrogens (tertiary/aromatic N) is 3. The highest BCUT2D eigenvalue weighted by Gasteiger charge is 2.45. The third-order valence-corrected chi connectivity index (χ3v) is 5.94. The zero-order valence-corrected chi connectivity index (χ0v) is 16.6. The number of halogens is 2. The SMILES string of the molecule is Nc1c(C(N)NC2CC2c2ccc(F)c(F)c2)nnn1C1CC(OCCO)C(O)C1O. The standard InChI is InChI=1S/C19H26F2N6O4/c20-10-2-1-8(5-11(10)21)9-6-12(9)24-18(22)15-19(23)27(26-25-15)13-7-14(31-4-3-28)17(30)16(13)29/h1-2,5,9,12-14,16-18,24,28-30H,3-4,6-7,22-23H2. The summed E-state index contributed by atoms with van der Waals surface area (Å²) in [7, 11) is 0. The van der Waals surface area contributed by atoms with Gasteiger partial charge in [0, 0.05) is 18.4 Å². The van der Waals surface area contributed by atoms with E-state index in [1.165, 1.54) is 10.7 Å². The van der Waals surface area contributed by atoms with Crippen LogP contribution in [0.5, 0.6) is 0 Å². The molecule has 7 atom stereocenters. The van der Waals surface area contributed by atoms with Gasteiger partial charge in [0.05, 0.1) is 25.4 Å². The molecule has 0 spiro atoms. The lowest BCUT2D eigenvalue weighted by atomic mass is 10.1. The van der Waals surface area contributed by atoms with Crippen LogP contribution in [0.4, 0.5) is 14.6 Å². The molecule has 2 saturated carbocycles. The Hall–Kier alpha value is -2.22. The second-order valence-corrected chi connectivity index (χ2v) is 7.99. The van der Waals surface area contributed by atoms with Crippen LogP contribution in [-0.4, -0.2) is 67.9 Å². The molecule has 31 heavy (non-hydrogen) atoms. The number of aromatic nitrogens is 3. The average Bonchev–Trinajstić information content (AvgIpc) is 3.32. The van der Waals surface area contributed by atoms with E-state index in [4.69, 9.17) is 21.3 Å². The Labute approximate surface area is 176 Å². The van der Waals surface area contributed by atoms with Gasteiger partial charge in [-0.25, -0.2) is 13.5 Å². The van der Waals surface area contributed by atoms with E-state index < -0.39 is 42.2 Å². The van der Waals surface area contributed by atoms with Crippen LogP contribution in [0.1, 0.15) is 42.2 Å². The molecule has 1 heterocycles. The van der Waals surface area contributed by atoms with Crippen LogP contribution in [0.15, 0.2) is 18.2 Å². The fourth-order valence-corrected chi connectivity index (χ4v) is 4.16. The molecule has 1 aromatic carbocycles. The first-order valence-electron chi connectivity index (χ1n) is 10.1. The van der Waals surface area contributed by atoms with Crippen LogP contribution in [-0.2, 0) is 4.74 Å². The topological polar surface area (TPSA) is 165 Å². The maximum Gasteiger partial charge on any atom is 0.159 e. The third-order valence-electron chi connectivity index (χ3n) is 5.94. The van der Waals surface area contributed by atoms with Crippen molar-refractivity contribution in [3.05, 3.63) is 41.1 Å². The highest BCUT2D eigenvalue weighted by atomic mass is 19.2. The fourth-order valence-electron chi connectivity index (χ4n) is 4.16. The predicted octanol–water partition coefficient (Wildman–Crippen LogP) is -0.714. The number of benzene rings is 1. The van der Waals surface area contributed by atoms with Gasteiger partial charge in [-0.2, -0.15) is 0 Å². The van der Waals surface area contributed by atoms with Gasteiger partial charge in [-0.05, 0) is 24.1 Å². The molecule has 10 nitrogen and oxygen atoms in total. The summed E-state index contributed by atoms with van der Waals surface area (Å²) < 4.78 is 33.3. The van der Waals surface area contributed by atoms with Gasteiger partial charge in [-0.3, -0.25) is 5.32 Å². The summed E-state index contributed by atoms with van der Waals surface area (Å²) in [4.78, 5) is 0. The molecule has 0 bridgehead atoms. The van der Waals surface area contributed by atoms with E-state index in [-0.39, 0.29) is 43.1 Å². The Morgan fingerprint density at radius 3 is 2.71 bits per heavy atom. The Morgan fingerprint density at radius 1 is 1.23 bits per heavy atom. The van der Waals surface area contributed by atoms with Crippen molar-refractivity contribution in [2.45, 2.75) is 55.3 Å². The van der Waals surface area contributed by atoms with Crippen molar-refractivity contribution in [1.82, 2.24) is 20.3 Å². The Morgan fingerprint density at radius 2 is 2.00 bits per heavy atom. The molecular weight excluding hydrogens is 414 g/mol. The molecule has 12 heteroatoms. The zero-order chi connectivity index (χ0) is 22.3. The molecule has 8 N–H and O–H groups in total. The minimum atomic E-state index is -1.18. The molecule has 2 fully saturated rings. The van der Waals surface area contributed by atoms with Crippen molar-refractivity contribution in [2.24, 2.45) is 5.73 Å². The molecule has 170 valence electrons. The molecule has 7 unspecified atom stereocenters. The van der Waals surface area contributed by atoms with E-state index in [1.54, 1.807) is 6.07 Å². The number of ether oxygens (including phenoxy) is 1. The number of rotatable bonds is 8. The summed E-state index contributed by atoms with van der Waals surface area (Å²) in [6.07, 6.45) is -2.83. The van der Waals surface area contributed by atoms with Gasteiger partial charge in [0.2, 0.25) is 0 Å². The summed E-state index contributed by atoms with van der Waals surface area (Å²) in [5, 5.41) is 40.6. The predicted molar refractivity (Wildman–Crippen MR) is 104 cm³/mol. The second-order valence-electron chi connectivity index (χ2n) is 7.99. The molecule has 2 aliphatic carbocycles. The van der Waals surface area contributed by atoms with E-state index in [2.05, 4.69) is 15.6 Å². The smallest absolute Gasteiger partial charge is 0.159 e. The van der Waals surface area contributed by atoms with Gasteiger partial charge in [-0.1, -0.05) is 11.3 Å². The largest absolute Gasteiger partial charge is 0.394 e. The van der Waals surface area contributed by atoms with Crippen LogP contribution in [0.2, 0.25) is 0 Å². The van der Waals surface area contributed by atoms with E-state index >= 15 is 0 Å². The lowest BCUT2D eigenvalue weighted by molar-refractivity contribution is -0.0629. The van der Waals surface area contributed by atoms with Gasteiger partial charge in [0.1, 0.15) is 29.9 Å². The molecule has 0 aliphatic heterocycles. The van der Waals surface area contributed by atoms with Crippen molar-refractivity contribution >= 4 is 5.82 Å². The molecule has 0 amide bonds. The lowest BCUT2D eigenvalue weighted by Gasteiger charge is -2.18. The summed E-state index contributed by atoms with van der Waals surface area (Å²) in [5.41, 5.74) is 13.3. The summed E-state index contributed by atoms with van der Waals surface area (Å²) >= 11 is 0. The van der Waals surface area contributed by atoms with Crippen molar-refractivity contribution in [2.75, 3.05) is 18.9 Å². The molecule has 4 rings (SSSR count). The summed E-state index contributed by atoms with van der Waals surface area (Å²) in [6.45, 7) is -0.165. The van der Waals surface area contributed by atoms with Crippen LogP contribution in [0, 0.1) is 11.6 Å². The van der Waals surface area contributed by atoms with Gasteiger partial charge in [-0.15, -0.1) is 5.10 Å². The summed E-state index contributed by atoms with van der Waals surface area (Å²) in [6, 6.07) is 3.10. The quantitative estimate of drug-likeness (QED) is 0.291. The van der Waals surface area contributed by atoms with E-state index in [0.717, 1.165) is 6.07 Å². The monoisotopic (exact) mass is 440 g/mol. The number of nitrogens with two attached hydrogens (primary N) is 2. The average molecular weight is 440 g/mol. The summed E-state index contributed by atoms with van der Waals surface area (Å²) in [5.74, 6) is -1.64. The Balaban J connectivity index is 1.41. The minimum Gasteiger partial charge on any atom is -0.394 e. The Kier molecular flexibility index (Phi) is 6.19. The second kappa shape index (κ2) is 8.73. The van der Waals surface area contributed by atoms with E-state index in [9.17, 15) is 19.0 Å². The first-order chi connectivity index (χ1) is 14.8. The van der Waals surface area contributed by atoms with Crippen LogP contribution in [0.25, 0.3) is 0 Å². The zero-order valence-electron chi connectivity index (χ0n) is 16.6. The van der Waals surface area contributed by atoms with Gasteiger partial charge in [0.25, 0.3) is 0 Å². The molecular formula is C19H26F2N6O4. The number of nitrogen functional groups attached to an aromatic ring is 1. The van der Waals surface area contributed by atoms with Gasteiger partial charge in [0.15, 0.2) is 11.6 Å². The minimum absolute atomic E-state index is 0.00588. The van der Waals surface area contributed by atoms with Crippen molar-refractivity contribution in [1.29, 1.82) is 0 Å². The van der Waals surface area contributed by atoms with Crippen LogP contribution >= 0.6 is 0 Å². The highest BCUT2D eigenvalue weighted by Crippen LogP contribution is 2.42. The highest BCUT2D eigenvalue weighted by molar-refractivity contribution is 5.37. The molecule has 2 aliphatic rings. The number of hydrogen-bond acceptors (Lipinski definition) is 9. The van der Waals surface area contributed by atoms with Crippen molar-refractivity contribution in [3.8, 4) is 0 Å². The van der Waals surface area contributed by atoms with Gasteiger partial charge < -0.3 is 31.5 Å². The maximum atomic E-state index is 13.5. The molecule has 0 saturated heterocycles. The third kappa shape index (κ3) is 4.27. The first kappa shape index (κ1) is 22.0. The van der Waals surface area contributed by atoms with Crippen LogP contribution in [0.3, 0.4) is 0 Å². The lowest BCUT2D eigenvalue weighted by Crippen LogP contribution is -2.34. The first-order valence-corrected chi connectivity index (χ1v) is 10.1. The van der Waals surface area contributed by atoms with Crippen molar-refractivity contribution < 1.29 is 28.8 Å². The number of nitrogens with one attached hydrogen (secondary N) is 1. The number of aliphatic hydroxyl groups excluding tert-OH is 3. The number of anilines is 1. The molecule has 1 aromatic heterocycles. The normalized spacial score (nSPS) is 31.2. The molecule has 0 radical (unpaired) electrons.